The fourth-order valence-corrected chi connectivity index (χ4v) is 4.79. The summed E-state index contributed by atoms with van der Waals surface area (Å²) in [4.78, 5) is 16.6. The Balaban J connectivity index is 1.56. The van der Waals surface area contributed by atoms with Crippen molar-refractivity contribution in [3.05, 3.63) is 62.7 Å². The minimum Gasteiger partial charge on any atom is -0.461 e. The lowest BCUT2D eigenvalue weighted by Crippen LogP contribution is -2.27. The number of hydrogen-bond acceptors (Lipinski definition) is 8. The van der Waals surface area contributed by atoms with Crippen molar-refractivity contribution in [2.45, 2.75) is 10.9 Å². The molecule has 1 N–H and O–H groups in total. The number of thiazole rings is 1. The van der Waals surface area contributed by atoms with Gasteiger partial charge in [0.1, 0.15) is 10.7 Å². The largest absolute Gasteiger partial charge is 0.461 e. The number of amides is 1. The number of carbonyl (C=O) groups excluding carboxylic acids is 1. The summed E-state index contributed by atoms with van der Waals surface area (Å²) >= 11 is 15.2. The van der Waals surface area contributed by atoms with Gasteiger partial charge in [-0.3, -0.25) is 9.36 Å². The third-order valence-corrected chi connectivity index (χ3v) is 6.95. The highest BCUT2D eigenvalue weighted by molar-refractivity contribution is 7.98. The van der Waals surface area contributed by atoms with E-state index in [9.17, 15) is 4.79 Å². The second kappa shape index (κ2) is 10.5. The molecule has 0 radical (unpaired) electrons. The van der Waals surface area contributed by atoms with Gasteiger partial charge < -0.3 is 14.5 Å². The summed E-state index contributed by atoms with van der Waals surface area (Å²) < 4.78 is 12.3. The summed E-state index contributed by atoms with van der Waals surface area (Å²) in [6.45, 7) is 0.875. The second-order valence-electron chi connectivity index (χ2n) is 6.38. The molecule has 3 aromatic heterocycles. The lowest BCUT2D eigenvalue weighted by Gasteiger charge is -2.10. The highest BCUT2D eigenvalue weighted by Crippen LogP contribution is 2.33. The zero-order valence-corrected chi connectivity index (χ0v) is 19.9. The first-order valence-electron chi connectivity index (χ1n) is 9.36. The van der Waals surface area contributed by atoms with Gasteiger partial charge in [0.15, 0.2) is 10.9 Å². The number of nitrogens with zero attached hydrogens (tertiary/aromatic N) is 4. The van der Waals surface area contributed by atoms with Gasteiger partial charge in [0, 0.05) is 19.0 Å². The van der Waals surface area contributed by atoms with E-state index in [0.717, 1.165) is 10.7 Å². The molecule has 0 fully saturated rings. The van der Waals surface area contributed by atoms with Crippen molar-refractivity contribution in [3.8, 4) is 17.3 Å². The molecule has 8 nitrogen and oxygen atoms in total. The molecule has 4 rings (SSSR count). The van der Waals surface area contributed by atoms with Gasteiger partial charge in [-0.05, 0) is 30.3 Å². The average molecular weight is 510 g/mol. The van der Waals surface area contributed by atoms with Crippen LogP contribution in [0, 0.1) is 0 Å². The molecule has 0 saturated carbocycles. The van der Waals surface area contributed by atoms with Crippen LogP contribution < -0.4 is 5.32 Å². The SMILES string of the molecule is COCCNC(=O)c1csc(CSc2nnc(-c3ccco3)n2-c2ccc(Cl)c(Cl)c2)n1. The highest BCUT2D eigenvalue weighted by atomic mass is 35.5. The van der Waals surface area contributed by atoms with Crippen molar-refractivity contribution in [1.29, 1.82) is 0 Å². The van der Waals surface area contributed by atoms with E-state index in [1.54, 1.807) is 37.0 Å². The van der Waals surface area contributed by atoms with E-state index in [4.69, 9.17) is 32.4 Å². The topological polar surface area (TPSA) is 95.1 Å². The average Bonchev–Trinajstić information content (AvgIpc) is 3.54. The minimum atomic E-state index is -0.228. The summed E-state index contributed by atoms with van der Waals surface area (Å²) in [5, 5.41) is 15.4. The number of nitrogens with one attached hydrogen (secondary N) is 1. The number of aromatic nitrogens is 4. The van der Waals surface area contributed by atoms with Crippen molar-refractivity contribution in [2.24, 2.45) is 0 Å². The van der Waals surface area contributed by atoms with Crippen molar-refractivity contribution in [2.75, 3.05) is 20.3 Å². The van der Waals surface area contributed by atoms with Gasteiger partial charge in [-0.15, -0.1) is 21.5 Å². The van der Waals surface area contributed by atoms with Crippen molar-refractivity contribution >= 4 is 52.2 Å². The Labute approximate surface area is 201 Å². The molecule has 0 atom stereocenters. The van der Waals surface area contributed by atoms with Crippen LogP contribution in [0.1, 0.15) is 15.5 Å². The standard InChI is InChI=1S/C20H17Cl2N5O3S2/c1-29-8-6-23-19(28)15-10-31-17(24-15)11-32-20-26-25-18(16-3-2-7-30-16)27(20)12-4-5-13(21)14(22)9-12/h2-5,7,9-10H,6,8,11H2,1H3,(H,23,28). The summed E-state index contributed by atoms with van der Waals surface area (Å²) in [5.41, 5.74) is 1.12. The molecule has 0 aliphatic carbocycles. The quantitative estimate of drug-likeness (QED) is 0.251. The van der Waals surface area contributed by atoms with Gasteiger partial charge in [-0.25, -0.2) is 4.98 Å². The number of methoxy groups -OCH3 is 1. The highest BCUT2D eigenvalue weighted by Gasteiger charge is 2.19. The fourth-order valence-electron chi connectivity index (χ4n) is 2.75. The summed E-state index contributed by atoms with van der Waals surface area (Å²) in [6, 6.07) is 8.89. The van der Waals surface area contributed by atoms with Crippen molar-refractivity contribution < 1.29 is 13.9 Å². The lowest BCUT2D eigenvalue weighted by atomic mass is 10.3. The number of benzene rings is 1. The van der Waals surface area contributed by atoms with Gasteiger partial charge in [0.25, 0.3) is 5.91 Å². The monoisotopic (exact) mass is 509 g/mol. The van der Waals surface area contributed by atoms with Gasteiger partial charge in [0.2, 0.25) is 5.82 Å². The molecule has 12 heteroatoms. The maximum atomic E-state index is 12.2. The normalized spacial score (nSPS) is 11.1. The molecule has 1 aromatic carbocycles. The van der Waals surface area contributed by atoms with Crippen molar-refractivity contribution in [1.82, 2.24) is 25.1 Å². The van der Waals surface area contributed by atoms with E-state index in [1.165, 1.54) is 23.1 Å². The number of halogens is 2. The van der Waals surface area contributed by atoms with E-state index >= 15 is 0 Å². The maximum Gasteiger partial charge on any atom is 0.270 e. The molecule has 3 heterocycles. The van der Waals surface area contributed by atoms with Gasteiger partial charge in [0.05, 0.1) is 34.4 Å². The number of rotatable bonds is 9. The molecule has 0 saturated heterocycles. The minimum absolute atomic E-state index is 0.228. The molecule has 0 aliphatic rings. The number of carbonyl (C=O) groups is 1. The van der Waals surface area contributed by atoms with Crippen LogP contribution in [-0.4, -0.2) is 45.9 Å². The van der Waals surface area contributed by atoms with E-state index in [1.807, 2.05) is 16.7 Å². The number of furan rings is 1. The Kier molecular flexibility index (Phi) is 7.48. The fraction of sp³-hybridized carbons (Fsp3) is 0.200. The third kappa shape index (κ3) is 5.16. The Bertz CT molecular complexity index is 1210. The van der Waals surface area contributed by atoms with E-state index in [0.29, 0.717) is 51.4 Å². The van der Waals surface area contributed by atoms with Gasteiger partial charge >= 0.3 is 0 Å². The zero-order valence-electron chi connectivity index (χ0n) is 16.7. The number of thioether (sulfide) groups is 1. The molecular weight excluding hydrogens is 493 g/mol. The van der Waals surface area contributed by atoms with E-state index in [-0.39, 0.29) is 5.91 Å². The molecule has 0 spiro atoms. The summed E-state index contributed by atoms with van der Waals surface area (Å²) in [5.74, 6) is 1.38. The van der Waals surface area contributed by atoms with Crippen LogP contribution in [0.15, 0.2) is 51.5 Å². The zero-order chi connectivity index (χ0) is 22.5. The van der Waals surface area contributed by atoms with Crippen LogP contribution in [0.2, 0.25) is 10.0 Å². The van der Waals surface area contributed by atoms with Crippen LogP contribution in [-0.2, 0) is 10.5 Å². The third-order valence-electron chi connectivity index (χ3n) is 4.24. The van der Waals surface area contributed by atoms with Crippen molar-refractivity contribution in [3.63, 3.8) is 0 Å². The molecule has 0 aliphatic heterocycles. The molecule has 4 aromatic rings. The van der Waals surface area contributed by atoms with E-state index in [2.05, 4.69) is 20.5 Å². The molecular formula is C20H17Cl2N5O3S2. The number of hydrogen-bond donors (Lipinski definition) is 1. The molecule has 166 valence electrons. The van der Waals surface area contributed by atoms with Gasteiger partial charge in [-0.2, -0.15) is 0 Å². The maximum absolute atomic E-state index is 12.2. The molecule has 32 heavy (non-hydrogen) atoms. The predicted molar refractivity (Wildman–Crippen MR) is 125 cm³/mol. The second-order valence-corrected chi connectivity index (χ2v) is 9.08. The lowest BCUT2D eigenvalue weighted by molar-refractivity contribution is 0.0932. The van der Waals surface area contributed by atoms with Crippen LogP contribution in [0.3, 0.4) is 0 Å². The Morgan fingerprint density at radius 2 is 2.16 bits per heavy atom. The molecule has 0 bridgehead atoms. The first-order valence-corrected chi connectivity index (χ1v) is 12.0. The summed E-state index contributed by atoms with van der Waals surface area (Å²) in [6.07, 6.45) is 1.57. The first kappa shape index (κ1) is 22.8. The Hall–Kier alpha value is -2.37. The molecule has 0 unspecified atom stereocenters. The van der Waals surface area contributed by atoms with Crippen LogP contribution in [0.4, 0.5) is 0 Å². The predicted octanol–water partition coefficient (Wildman–Crippen LogP) is 4.96. The van der Waals surface area contributed by atoms with Crippen LogP contribution in [0.5, 0.6) is 0 Å². The Morgan fingerprint density at radius 3 is 2.91 bits per heavy atom. The van der Waals surface area contributed by atoms with Gasteiger partial charge in [-0.1, -0.05) is 35.0 Å². The smallest absolute Gasteiger partial charge is 0.270 e. The van der Waals surface area contributed by atoms with Crippen LogP contribution >= 0.6 is 46.3 Å². The van der Waals surface area contributed by atoms with Crippen LogP contribution in [0.25, 0.3) is 17.3 Å². The Morgan fingerprint density at radius 1 is 1.28 bits per heavy atom. The number of ether oxygens (including phenoxy) is 1. The van der Waals surface area contributed by atoms with E-state index < -0.39 is 0 Å². The molecule has 1 amide bonds. The summed E-state index contributed by atoms with van der Waals surface area (Å²) in [7, 11) is 1.58. The first-order chi connectivity index (χ1) is 15.6.